The SMILES string of the molecule is CCOc1ccc(-n2c(Cc3ccccc3)nnc2SCC(=O)NC(=O)NC2CCCCC2)cc1. The molecular formula is C26H31N5O3S. The van der Waals surface area contributed by atoms with Crippen LogP contribution in [0.5, 0.6) is 5.75 Å². The smallest absolute Gasteiger partial charge is 0.321 e. The van der Waals surface area contributed by atoms with Gasteiger partial charge in [-0.2, -0.15) is 0 Å². The summed E-state index contributed by atoms with van der Waals surface area (Å²) in [5, 5.41) is 14.7. The number of thioether (sulfide) groups is 1. The molecule has 2 aromatic carbocycles. The Morgan fingerprint density at radius 2 is 1.77 bits per heavy atom. The minimum atomic E-state index is -0.430. The summed E-state index contributed by atoms with van der Waals surface area (Å²) in [5.41, 5.74) is 1.99. The Morgan fingerprint density at radius 1 is 1.03 bits per heavy atom. The number of amides is 3. The fraction of sp³-hybridized carbons (Fsp3) is 0.385. The van der Waals surface area contributed by atoms with Gasteiger partial charge >= 0.3 is 6.03 Å². The predicted octanol–water partition coefficient (Wildman–Crippen LogP) is 4.51. The van der Waals surface area contributed by atoms with Crippen LogP contribution in [-0.2, 0) is 11.2 Å². The number of nitrogens with zero attached hydrogens (tertiary/aromatic N) is 3. The molecule has 1 aliphatic carbocycles. The van der Waals surface area contributed by atoms with E-state index in [1.54, 1.807) is 0 Å². The Balaban J connectivity index is 1.45. The zero-order valence-electron chi connectivity index (χ0n) is 19.9. The average molecular weight is 494 g/mol. The van der Waals surface area contributed by atoms with E-state index in [0.717, 1.165) is 48.5 Å². The first-order valence-electron chi connectivity index (χ1n) is 12.1. The normalized spacial score (nSPS) is 13.9. The number of carbonyl (C=O) groups excluding carboxylic acids is 2. The topological polar surface area (TPSA) is 98.1 Å². The van der Waals surface area contributed by atoms with Crippen molar-refractivity contribution in [2.24, 2.45) is 0 Å². The first kappa shape index (κ1) is 24.8. The summed E-state index contributed by atoms with van der Waals surface area (Å²) in [6.07, 6.45) is 5.95. The fourth-order valence-electron chi connectivity index (χ4n) is 4.17. The van der Waals surface area contributed by atoms with Crippen LogP contribution in [-0.4, -0.2) is 45.1 Å². The van der Waals surface area contributed by atoms with Gasteiger partial charge in [0.2, 0.25) is 5.91 Å². The molecule has 1 heterocycles. The van der Waals surface area contributed by atoms with Crippen molar-refractivity contribution in [3.05, 3.63) is 66.0 Å². The number of aromatic nitrogens is 3. The van der Waals surface area contributed by atoms with Gasteiger partial charge in [-0.05, 0) is 49.6 Å². The summed E-state index contributed by atoms with van der Waals surface area (Å²) < 4.78 is 7.52. The number of benzene rings is 2. The molecule has 1 fully saturated rings. The van der Waals surface area contributed by atoms with E-state index in [1.165, 1.54) is 18.2 Å². The van der Waals surface area contributed by atoms with Crippen LogP contribution in [0.15, 0.2) is 59.8 Å². The molecule has 0 aliphatic heterocycles. The van der Waals surface area contributed by atoms with Crippen molar-refractivity contribution in [3.8, 4) is 11.4 Å². The van der Waals surface area contributed by atoms with Crippen molar-refractivity contribution in [1.29, 1.82) is 0 Å². The highest BCUT2D eigenvalue weighted by atomic mass is 32.2. The van der Waals surface area contributed by atoms with Crippen molar-refractivity contribution >= 4 is 23.7 Å². The van der Waals surface area contributed by atoms with Gasteiger partial charge in [-0.3, -0.25) is 14.7 Å². The summed E-state index contributed by atoms with van der Waals surface area (Å²) in [4.78, 5) is 24.7. The van der Waals surface area contributed by atoms with Gasteiger partial charge in [0.15, 0.2) is 5.16 Å². The second-order valence-corrected chi connectivity index (χ2v) is 9.41. The number of urea groups is 1. The molecule has 9 heteroatoms. The number of rotatable bonds is 9. The maximum atomic E-state index is 12.5. The number of imide groups is 1. The van der Waals surface area contributed by atoms with Gasteiger partial charge in [0.1, 0.15) is 11.6 Å². The lowest BCUT2D eigenvalue weighted by molar-refractivity contribution is -0.117. The van der Waals surface area contributed by atoms with Crippen LogP contribution in [0.3, 0.4) is 0 Å². The second-order valence-electron chi connectivity index (χ2n) is 8.47. The molecule has 0 spiro atoms. The Labute approximate surface area is 209 Å². The lowest BCUT2D eigenvalue weighted by Gasteiger charge is -2.22. The Bertz CT molecular complexity index is 1110. The predicted molar refractivity (Wildman–Crippen MR) is 136 cm³/mol. The van der Waals surface area contributed by atoms with E-state index >= 15 is 0 Å². The molecule has 2 N–H and O–H groups in total. The van der Waals surface area contributed by atoms with Crippen molar-refractivity contribution in [1.82, 2.24) is 25.4 Å². The van der Waals surface area contributed by atoms with Crippen molar-refractivity contribution < 1.29 is 14.3 Å². The quantitative estimate of drug-likeness (QED) is 0.426. The third kappa shape index (κ3) is 7.08. The van der Waals surface area contributed by atoms with Gasteiger partial charge in [-0.15, -0.1) is 10.2 Å². The number of hydrogen-bond donors (Lipinski definition) is 2. The molecule has 0 unspecified atom stereocenters. The molecule has 1 saturated carbocycles. The Morgan fingerprint density at radius 3 is 2.49 bits per heavy atom. The van der Waals surface area contributed by atoms with Gasteiger partial charge in [-0.1, -0.05) is 61.4 Å². The van der Waals surface area contributed by atoms with E-state index < -0.39 is 6.03 Å². The zero-order chi connectivity index (χ0) is 24.5. The van der Waals surface area contributed by atoms with Crippen LogP contribution in [0.2, 0.25) is 0 Å². The van der Waals surface area contributed by atoms with Crippen LogP contribution >= 0.6 is 11.8 Å². The van der Waals surface area contributed by atoms with E-state index in [4.69, 9.17) is 4.74 Å². The largest absolute Gasteiger partial charge is 0.494 e. The van der Waals surface area contributed by atoms with Gasteiger partial charge in [0.05, 0.1) is 12.4 Å². The van der Waals surface area contributed by atoms with Gasteiger partial charge in [0.25, 0.3) is 0 Å². The number of nitrogens with one attached hydrogen (secondary N) is 2. The highest BCUT2D eigenvalue weighted by Crippen LogP contribution is 2.25. The highest BCUT2D eigenvalue weighted by molar-refractivity contribution is 7.99. The van der Waals surface area contributed by atoms with Crippen LogP contribution in [0.25, 0.3) is 5.69 Å². The van der Waals surface area contributed by atoms with Gasteiger partial charge in [-0.25, -0.2) is 4.79 Å². The lowest BCUT2D eigenvalue weighted by Crippen LogP contribution is -2.45. The summed E-state index contributed by atoms with van der Waals surface area (Å²) in [6.45, 7) is 2.54. The van der Waals surface area contributed by atoms with Crippen LogP contribution in [0.1, 0.15) is 50.4 Å². The molecule has 35 heavy (non-hydrogen) atoms. The minimum absolute atomic E-state index is 0.0542. The first-order chi connectivity index (χ1) is 17.1. The zero-order valence-corrected chi connectivity index (χ0v) is 20.7. The van der Waals surface area contributed by atoms with Crippen LogP contribution < -0.4 is 15.4 Å². The Kier molecular flexibility index (Phi) is 8.78. The first-order valence-corrected chi connectivity index (χ1v) is 13.1. The molecule has 0 atom stereocenters. The molecule has 1 aromatic heterocycles. The third-order valence-corrected chi connectivity index (χ3v) is 6.77. The molecule has 1 aliphatic rings. The number of ether oxygens (including phenoxy) is 1. The molecule has 184 valence electrons. The average Bonchev–Trinajstić information content (AvgIpc) is 3.27. The second kappa shape index (κ2) is 12.4. The Hall–Kier alpha value is -3.33. The van der Waals surface area contributed by atoms with Crippen molar-refractivity contribution in [2.45, 2.75) is 56.6 Å². The number of carbonyl (C=O) groups is 2. The summed E-state index contributed by atoms with van der Waals surface area (Å²) in [6, 6.07) is 17.5. The fourth-order valence-corrected chi connectivity index (χ4v) is 4.94. The van der Waals surface area contributed by atoms with E-state index in [-0.39, 0.29) is 17.7 Å². The molecule has 0 saturated heterocycles. The maximum Gasteiger partial charge on any atom is 0.321 e. The summed E-state index contributed by atoms with van der Waals surface area (Å²) in [7, 11) is 0. The van der Waals surface area contributed by atoms with Crippen molar-refractivity contribution in [3.63, 3.8) is 0 Å². The minimum Gasteiger partial charge on any atom is -0.494 e. The molecular weight excluding hydrogens is 462 g/mol. The molecule has 8 nitrogen and oxygen atoms in total. The van der Waals surface area contributed by atoms with Crippen LogP contribution in [0, 0.1) is 0 Å². The van der Waals surface area contributed by atoms with Crippen LogP contribution in [0.4, 0.5) is 4.79 Å². The third-order valence-electron chi connectivity index (χ3n) is 5.84. The van der Waals surface area contributed by atoms with E-state index in [2.05, 4.69) is 20.8 Å². The van der Waals surface area contributed by atoms with Crippen molar-refractivity contribution in [2.75, 3.05) is 12.4 Å². The van der Waals surface area contributed by atoms with E-state index in [0.29, 0.717) is 18.2 Å². The van der Waals surface area contributed by atoms with E-state index in [9.17, 15) is 9.59 Å². The maximum absolute atomic E-state index is 12.5. The molecule has 0 radical (unpaired) electrons. The highest BCUT2D eigenvalue weighted by Gasteiger charge is 2.19. The summed E-state index contributed by atoms with van der Waals surface area (Å²) in [5.74, 6) is 1.23. The van der Waals surface area contributed by atoms with E-state index in [1.807, 2.05) is 66.1 Å². The van der Waals surface area contributed by atoms with Gasteiger partial charge < -0.3 is 10.1 Å². The monoisotopic (exact) mass is 493 g/mol. The summed E-state index contributed by atoms with van der Waals surface area (Å²) >= 11 is 1.25. The molecule has 3 amide bonds. The molecule has 4 rings (SSSR count). The lowest BCUT2D eigenvalue weighted by atomic mass is 9.96. The molecule has 3 aromatic rings. The molecule has 0 bridgehead atoms. The van der Waals surface area contributed by atoms with Gasteiger partial charge in [0, 0.05) is 18.2 Å². The number of hydrogen-bond acceptors (Lipinski definition) is 6. The standard InChI is InChI=1S/C26H31N5O3S/c1-2-34-22-15-13-21(14-16-22)31-23(17-19-9-5-3-6-10-19)29-30-26(31)35-18-24(32)28-25(33)27-20-11-7-4-8-12-20/h3,5-6,9-10,13-16,20H,2,4,7-8,11-12,17-18H2,1H3,(H2,27,28,32,33).